The molecule has 0 radical (unpaired) electrons. The smallest absolute Gasteiger partial charge is 0.335 e. The van der Waals surface area contributed by atoms with Gasteiger partial charge in [0, 0.05) is 17.6 Å². The molecule has 1 aliphatic rings. The monoisotopic (exact) mass is 325 g/mol. The van der Waals surface area contributed by atoms with E-state index in [1.54, 1.807) is 12.1 Å². The summed E-state index contributed by atoms with van der Waals surface area (Å²) in [6.07, 6.45) is 2.63. The van der Waals surface area contributed by atoms with Crippen molar-refractivity contribution in [3.05, 3.63) is 33.8 Å². The highest BCUT2D eigenvalue weighted by Gasteiger charge is 2.44. The van der Waals surface area contributed by atoms with Crippen molar-refractivity contribution in [2.75, 3.05) is 6.54 Å². The molecular weight excluding hydrogens is 306 g/mol. The molecule has 0 bridgehead atoms. The summed E-state index contributed by atoms with van der Waals surface area (Å²) in [5.74, 6) is -0.172. The van der Waals surface area contributed by atoms with Gasteiger partial charge in [0.1, 0.15) is 0 Å². The Kier molecular flexibility index (Phi) is 4.31. The summed E-state index contributed by atoms with van der Waals surface area (Å²) in [5, 5.41) is 12.4. The first-order chi connectivity index (χ1) is 8.94. The minimum Gasteiger partial charge on any atom is -0.478 e. The number of rotatable bonds is 6. The molecule has 104 valence electrons. The number of carbonyl (C=O) groups is 1. The molecule has 1 saturated carbocycles. The van der Waals surface area contributed by atoms with E-state index in [-0.39, 0.29) is 0 Å². The number of carboxylic acid groups (broad SMARTS) is 1. The van der Waals surface area contributed by atoms with Crippen molar-refractivity contribution in [2.24, 2.45) is 11.3 Å². The van der Waals surface area contributed by atoms with Gasteiger partial charge in [0.2, 0.25) is 0 Å². The second kappa shape index (κ2) is 5.63. The van der Waals surface area contributed by atoms with E-state index in [1.807, 2.05) is 6.07 Å². The van der Waals surface area contributed by atoms with Crippen molar-refractivity contribution in [1.29, 1.82) is 0 Å². The molecule has 0 aromatic heterocycles. The molecule has 1 aliphatic carbocycles. The number of hydrogen-bond donors (Lipinski definition) is 2. The zero-order chi connectivity index (χ0) is 14.0. The highest BCUT2D eigenvalue weighted by molar-refractivity contribution is 9.10. The van der Waals surface area contributed by atoms with Gasteiger partial charge in [-0.2, -0.15) is 0 Å². The predicted molar refractivity (Wildman–Crippen MR) is 79.3 cm³/mol. The van der Waals surface area contributed by atoms with E-state index in [0.717, 1.165) is 29.0 Å². The molecule has 2 N–H and O–H groups in total. The quantitative estimate of drug-likeness (QED) is 0.838. The molecule has 3 nitrogen and oxygen atoms in total. The van der Waals surface area contributed by atoms with E-state index in [1.165, 1.54) is 12.8 Å². The molecule has 0 saturated heterocycles. The molecule has 0 atom stereocenters. The molecule has 19 heavy (non-hydrogen) atoms. The third-order valence-corrected chi connectivity index (χ3v) is 4.95. The normalized spacial score (nSPS) is 16.6. The Morgan fingerprint density at radius 3 is 2.63 bits per heavy atom. The molecule has 0 spiro atoms. The van der Waals surface area contributed by atoms with Crippen molar-refractivity contribution >= 4 is 21.9 Å². The van der Waals surface area contributed by atoms with Gasteiger partial charge in [-0.3, -0.25) is 0 Å². The van der Waals surface area contributed by atoms with E-state index in [2.05, 4.69) is 35.1 Å². The number of hydrogen-bond acceptors (Lipinski definition) is 2. The van der Waals surface area contributed by atoms with E-state index in [0.29, 0.717) is 11.0 Å². The van der Waals surface area contributed by atoms with Crippen molar-refractivity contribution in [1.82, 2.24) is 5.32 Å². The number of benzene rings is 1. The van der Waals surface area contributed by atoms with Crippen LogP contribution < -0.4 is 5.32 Å². The fraction of sp³-hybridized carbons (Fsp3) is 0.533. The van der Waals surface area contributed by atoms with Crippen LogP contribution in [0.15, 0.2) is 22.7 Å². The SMILES string of the molecule is CC(C)C1(CNCc2ccc(C(=O)O)cc2Br)CC1. The van der Waals surface area contributed by atoms with Crippen molar-refractivity contribution in [3.63, 3.8) is 0 Å². The van der Waals surface area contributed by atoms with Crippen molar-refractivity contribution < 1.29 is 9.90 Å². The second-order valence-electron chi connectivity index (χ2n) is 5.73. The number of nitrogens with one attached hydrogen (secondary N) is 1. The van der Waals surface area contributed by atoms with Crippen LogP contribution in [-0.4, -0.2) is 17.6 Å². The summed E-state index contributed by atoms with van der Waals surface area (Å²) < 4.78 is 0.856. The van der Waals surface area contributed by atoms with Gasteiger partial charge < -0.3 is 10.4 Å². The minimum absolute atomic E-state index is 0.316. The molecule has 1 fully saturated rings. The van der Waals surface area contributed by atoms with Gasteiger partial charge >= 0.3 is 5.97 Å². The lowest BCUT2D eigenvalue weighted by atomic mass is 9.92. The first kappa shape index (κ1) is 14.5. The molecule has 2 rings (SSSR count). The van der Waals surface area contributed by atoms with Crippen molar-refractivity contribution in [2.45, 2.75) is 33.2 Å². The molecule has 0 aliphatic heterocycles. The summed E-state index contributed by atoms with van der Waals surface area (Å²) in [7, 11) is 0. The molecule has 1 aromatic rings. The maximum atomic E-state index is 10.9. The molecular formula is C15H20BrNO2. The number of halogens is 1. The summed E-state index contributed by atoms with van der Waals surface area (Å²) in [6.45, 7) is 6.38. The van der Waals surface area contributed by atoms with E-state index in [9.17, 15) is 4.79 Å². The van der Waals surface area contributed by atoms with Crippen LogP contribution in [0, 0.1) is 11.3 Å². The van der Waals surface area contributed by atoms with Crippen molar-refractivity contribution in [3.8, 4) is 0 Å². The Morgan fingerprint density at radius 2 is 2.16 bits per heavy atom. The Hall–Kier alpha value is -0.870. The predicted octanol–water partition coefficient (Wildman–Crippen LogP) is 3.67. The Balaban J connectivity index is 1.92. The van der Waals surface area contributed by atoms with Crippen LogP contribution in [0.2, 0.25) is 0 Å². The Morgan fingerprint density at radius 1 is 1.47 bits per heavy atom. The molecule has 0 amide bonds. The van der Waals surface area contributed by atoms with Gasteiger partial charge in [0.15, 0.2) is 0 Å². The summed E-state index contributed by atoms with van der Waals surface area (Å²) in [6, 6.07) is 5.18. The van der Waals surface area contributed by atoms with Gasteiger partial charge in [-0.25, -0.2) is 4.79 Å². The third-order valence-electron chi connectivity index (χ3n) is 4.21. The third kappa shape index (κ3) is 3.37. The first-order valence-electron chi connectivity index (χ1n) is 6.67. The van der Waals surface area contributed by atoms with Gasteiger partial charge in [-0.05, 0) is 41.9 Å². The molecule has 0 heterocycles. The van der Waals surface area contributed by atoms with Crippen LogP contribution in [0.25, 0.3) is 0 Å². The second-order valence-corrected chi connectivity index (χ2v) is 6.59. The van der Waals surface area contributed by atoms with Crippen LogP contribution in [-0.2, 0) is 6.54 Å². The average Bonchev–Trinajstić information content (AvgIpc) is 3.12. The summed E-state index contributed by atoms with van der Waals surface area (Å²) in [4.78, 5) is 10.9. The Bertz CT molecular complexity index is 481. The van der Waals surface area contributed by atoms with Crippen LogP contribution in [0.4, 0.5) is 0 Å². The highest BCUT2D eigenvalue weighted by Crippen LogP contribution is 2.51. The molecule has 4 heteroatoms. The molecule has 1 aromatic carbocycles. The maximum absolute atomic E-state index is 10.9. The van der Waals surface area contributed by atoms with Gasteiger partial charge in [-0.1, -0.05) is 35.8 Å². The van der Waals surface area contributed by atoms with E-state index in [4.69, 9.17) is 5.11 Å². The fourth-order valence-electron chi connectivity index (χ4n) is 2.39. The lowest BCUT2D eigenvalue weighted by Crippen LogP contribution is -2.27. The summed E-state index contributed by atoms with van der Waals surface area (Å²) in [5.41, 5.74) is 1.91. The summed E-state index contributed by atoms with van der Waals surface area (Å²) >= 11 is 3.44. The standard InChI is InChI=1S/C15H20BrNO2/c1-10(2)15(5-6-15)9-17-8-12-4-3-11(14(18)19)7-13(12)16/h3-4,7,10,17H,5-6,8-9H2,1-2H3,(H,18,19). The zero-order valence-corrected chi connectivity index (χ0v) is 13.0. The first-order valence-corrected chi connectivity index (χ1v) is 7.46. The number of aromatic carboxylic acids is 1. The largest absolute Gasteiger partial charge is 0.478 e. The fourth-order valence-corrected chi connectivity index (χ4v) is 2.91. The maximum Gasteiger partial charge on any atom is 0.335 e. The van der Waals surface area contributed by atoms with Crippen LogP contribution in [0.5, 0.6) is 0 Å². The average molecular weight is 326 g/mol. The van der Waals surface area contributed by atoms with E-state index >= 15 is 0 Å². The van der Waals surface area contributed by atoms with Crippen LogP contribution in [0.3, 0.4) is 0 Å². The minimum atomic E-state index is -0.892. The van der Waals surface area contributed by atoms with Gasteiger partial charge in [0.05, 0.1) is 5.56 Å². The number of carboxylic acids is 1. The highest BCUT2D eigenvalue weighted by atomic mass is 79.9. The van der Waals surface area contributed by atoms with Gasteiger partial charge in [0.25, 0.3) is 0 Å². The van der Waals surface area contributed by atoms with Gasteiger partial charge in [-0.15, -0.1) is 0 Å². The topological polar surface area (TPSA) is 49.3 Å². The Labute approximate surface area is 122 Å². The molecule has 0 unspecified atom stereocenters. The zero-order valence-electron chi connectivity index (χ0n) is 11.4. The lowest BCUT2D eigenvalue weighted by molar-refractivity contribution is 0.0697. The van der Waals surface area contributed by atoms with Crippen LogP contribution >= 0.6 is 15.9 Å². The van der Waals surface area contributed by atoms with Crippen LogP contribution in [0.1, 0.15) is 42.6 Å². The van der Waals surface area contributed by atoms with E-state index < -0.39 is 5.97 Å². The lowest BCUT2D eigenvalue weighted by Gasteiger charge is -2.20.